The maximum absolute atomic E-state index is 12.9. The maximum atomic E-state index is 12.9. The van der Waals surface area contributed by atoms with Crippen molar-refractivity contribution < 1.29 is 9.90 Å². The summed E-state index contributed by atoms with van der Waals surface area (Å²) in [5.41, 5.74) is 2.24. The fourth-order valence-corrected chi connectivity index (χ4v) is 4.98. The first-order valence-corrected chi connectivity index (χ1v) is 10.1. The largest absolute Gasteiger partial charge is 0.394 e. The minimum Gasteiger partial charge on any atom is -0.394 e. The molecule has 148 valence electrons. The molecule has 2 aliphatic heterocycles. The molecule has 0 unspecified atom stereocenters. The van der Waals surface area contributed by atoms with Crippen molar-refractivity contribution in [2.75, 3.05) is 19.7 Å². The third kappa shape index (κ3) is 3.19. The monoisotopic (exact) mass is 379 g/mol. The van der Waals surface area contributed by atoms with E-state index in [1.807, 2.05) is 43.0 Å². The van der Waals surface area contributed by atoms with E-state index in [9.17, 15) is 9.90 Å². The van der Waals surface area contributed by atoms with Crippen LogP contribution in [0.4, 0.5) is 4.79 Å². The first-order valence-electron chi connectivity index (χ1n) is 10.1. The molecule has 0 bridgehead atoms. The highest BCUT2D eigenvalue weighted by Crippen LogP contribution is 2.54. The quantitative estimate of drug-likeness (QED) is 0.840. The van der Waals surface area contributed by atoms with Gasteiger partial charge in [0.05, 0.1) is 18.2 Å². The number of nitrogens with zero attached hydrogens (tertiary/aromatic N) is 2. The molecule has 0 aliphatic carbocycles. The Hall–Kier alpha value is -2.37. The van der Waals surface area contributed by atoms with Gasteiger partial charge >= 0.3 is 6.03 Å². The Balaban J connectivity index is 1.57. The molecule has 2 amide bonds. The zero-order valence-electron chi connectivity index (χ0n) is 16.6. The number of hydrogen-bond donors (Lipinski definition) is 2. The first-order chi connectivity index (χ1) is 13.5. The minimum absolute atomic E-state index is 0.0223. The molecule has 2 aromatic rings. The van der Waals surface area contributed by atoms with E-state index in [1.54, 1.807) is 0 Å². The average Bonchev–Trinajstić information content (AvgIpc) is 2.64. The van der Waals surface area contributed by atoms with E-state index in [2.05, 4.69) is 46.6 Å². The van der Waals surface area contributed by atoms with Gasteiger partial charge in [-0.25, -0.2) is 4.79 Å². The highest BCUT2D eigenvalue weighted by Gasteiger charge is 2.67. The molecule has 0 radical (unpaired) electrons. The second kappa shape index (κ2) is 7.57. The number of nitrogens with one attached hydrogen (secondary N) is 1. The number of aliphatic hydroxyl groups is 1. The van der Waals surface area contributed by atoms with E-state index in [0.717, 1.165) is 19.6 Å². The molecule has 2 fully saturated rings. The summed E-state index contributed by atoms with van der Waals surface area (Å²) in [6.07, 6.45) is 0. The lowest BCUT2D eigenvalue weighted by atomic mass is 9.61. The van der Waals surface area contributed by atoms with Crippen LogP contribution in [0.5, 0.6) is 0 Å². The average molecular weight is 380 g/mol. The summed E-state index contributed by atoms with van der Waals surface area (Å²) in [4.78, 5) is 17.2. The van der Waals surface area contributed by atoms with Crippen LogP contribution >= 0.6 is 0 Å². The van der Waals surface area contributed by atoms with E-state index in [1.165, 1.54) is 11.1 Å². The van der Waals surface area contributed by atoms with Crippen LogP contribution in [0.2, 0.25) is 0 Å². The van der Waals surface area contributed by atoms with Crippen molar-refractivity contribution in [3.8, 4) is 0 Å². The van der Waals surface area contributed by atoms with Gasteiger partial charge in [0.1, 0.15) is 0 Å². The van der Waals surface area contributed by atoms with Gasteiger partial charge in [-0.15, -0.1) is 0 Å². The Labute approximate surface area is 167 Å². The number of benzene rings is 2. The van der Waals surface area contributed by atoms with Crippen LogP contribution in [0, 0.1) is 0 Å². The van der Waals surface area contributed by atoms with Gasteiger partial charge in [-0.2, -0.15) is 0 Å². The van der Waals surface area contributed by atoms with E-state index >= 15 is 0 Å². The van der Waals surface area contributed by atoms with Crippen molar-refractivity contribution in [3.63, 3.8) is 0 Å². The molecule has 0 aromatic heterocycles. The third-order valence-corrected chi connectivity index (χ3v) is 6.00. The molecule has 1 spiro atoms. The van der Waals surface area contributed by atoms with Gasteiger partial charge in [-0.1, -0.05) is 60.7 Å². The second-order valence-corrected chi connectivity index (χ2v) is 8.35. The van der Waals surface area contributed by atoms with Crippen LogP contribution in [0.3, 0.4) is 0 Å². The molecule has 5 nitrogen and oxygen atoms in total. The zero-order valence-corrected chi connectivity index (χ0v) is 16.6. The SMILES string of the molecule is CC(C)NC(=O)N1[C@H](CO)[C@@H](c2ccccc2)C12CN(Cc1ccccc1)C2. The van der Waals surface area contributed by atoms with Gasteiger partial charge < -0.3 is 15.3 Å². The number of hydrogen-bond acceptors (Lipinski definition) is 3. The minimum atomic E-state index is -0.248. The van der Waals surface area contributed by atoms with Crippen LogP contribution in [0.15, 0.2) is 60.7 Å². The first kappa shape index (κ1) is 19.0. The number of amides is 2. The van der Waals surface area contributed by atoms with E-state index in [4.69, 9.17) is 0 Å². The Kier molecular flexibility index (Phi) is 5.13. The van der Waals surface area contributed by atoms with Crippen molar-refractivity contribution in [1.29, 1.82) is 0 Å². The van der Waals surface area contributed by atoms with Crippen molar-refractivity contribution in [2.45, 2.75) is 43.9 Å². The van der Waals surface area contributed by atoms with Crippen LogP contribution in [-0.4, -0.2) is 58.3 Å². The van der Waals surface area contributed by atoms with Crippen LogP contribution < -0.4 is 5.32 Å². The maximum Gasteiger partial charge on any atom is 0.318 e. The summed E-state index contributed by atoms with van der Waals surface area (Å²) in [6, 6.07) is 20.6. The predicted molar refractivity (Wildman–Crippen MR) is 110 cm³/mol. The summed E-state index contributed by atoms with van der Waals surface area (Å²) in [6.45, 7) is 6.44. The van der Waals surface area contributed by atoms with Gasteiger partial charge in [0, 0.05) is 31.6 Å². The Bertz CT molecular complexity index is 803. The van der Waals surface area contributed by atoms with Gasteiger partial charge in [0.15, 0.2) is 0 Å². The molecular weight excluding hydrogens is 350 g/mol. The van der Waals surface area contributed by atoms with Crippen molar-refractivity contribution in [2.24, 2.45) is 0 Å². The van der Waals surface area contributed by atoms with Gasteiger partial charge in [0.25, 0.3) is 0 Å². The van der Waals surface area contributed by atoms with Crippen LogP contribution in [-0.2, 0) is 6.54 Å². The fourth-order valence-electron chi connectivity index (χ4n) is 4.98. The lowest BCUT2D eigenvalue weighted by Gasteiger charge is -2.70. The normalized spacial score (nSPS) is 23.4. The topological polar surface area (TPSA) is 55.8 Å². The van der Waals surface area contributed by atoms with Crippen LogP contribution in [0.25, 0.3) is 0 Å². The molecule has 2 atom stereocenters. The summed E-state index contributed by atoms with van der Waals surface area (Å²) >= 11 is 0. The molecule has 2 aromatic carbocycles. The van der Waals surface area contributed by atoms with E-state index < -0.39 is 0 Å². The van der Waals surface area contributed by atoms with Crippen LogP contribution in [0.1, 0.15) is 30.9 Å². The number of carbonyl (C=O) groups excluding carboxylic acids is 1. The summed E-state index contributed by atoms with van der Waals surface area (Å²) in [5, 5.41) is 13.1. The molecule has 4 rings (SSSR count). The zero-order chi connectivity index (χ0) is 19.7. The number of carbonyl (C=O) groups is 1. The van der Waals surface area contributed by atoms with Crippen molar-refractivity contribution in [1.82, 2.24) is 15.1 Å². The lowest BCUT2D eigenvalue weighted by molar-refractivity contribution is -0.164. The molecular formula is C23H29N3O2. The highest BCUT2D eigenvalue weighted by molar-refractivity contribution is 5.78. The van der Waals surface area contributed by atoms with E-state index in [-0.39, 0.29) is 36.2 Å². The summed E-state index contributed by atoms with van der Waals surface area (Å²) in [7, 11) is 0. The summed E-state index contributed by atoms with van der Waals surface area (Å²) in [5.74, 6) is 0.156. The Morgan fingerprint density at radius 2 is 1.71 bits per heavy atom. The van der Waals surface area contributed by atoms with E-state index in [0.29, 0.717) is 0 Å². The fraction of sp³-hybridized carbons (Fsp3) is 0.435. The predicted octanol–water partition coefficient (Wildman–Crippen LogP) is 2.82. The number of rotatable bonds is 5. The highest BCUT2D eigenvalue weighted by atomic mass is 16.3. The van der Waals surface area contributed by atoms with Crippen molar-refractivity contribution >= 4 is 6.03 Å². The molecule has 28 heavy (non-hydrogen) atoms. The number of aliphatic hydroxyl groups excluding tert-OH is 1. The standard InChI is InChI=1S/C23H29N3O2/c1-17(2)24-22(28)26-20(14-27)21(19-11-7-4-8-12-19)23(26)15-25(16-23)13-18-9-5-3-6-10-18/h3-12,17,20-21,27H,13-16H2,1-2H3,(H,24,28)/t20-,21-/m1/s1. The molecule has 2 aliphatic rings. The second-order valence-electron chi connectivity index (χ2n) is 8.35. The van der Waals surface area contributed by atoms with Gasteiger partial charge in [0.2, 0.25) is 0 Å². The van der Waals surface area contributed by atoms with Crippen molar-refractivity contribution in [3.05, 3.63) is 71.8 Å². The molecule has 5 heteroatoms. The third-order valence-electron chi connectivity index (χ3n) is 6.00. The molecule has 0 saturated carbocycles. The smallest absolute Gasteiger partial charge is 0.318 e. The molecule has 2 saturated heterocycles. The van der Waals surface area contributed by atoms with Gasteiger partial charge in [-0.05, 0) is 25.0 Å². The Morgan fingerprint density at radius 1 is 1.11 bits per heavy atom. The molecule has 2 heterocycles. The van der Waals surface area contributed by atoms with Gasteiger partial charge in [-0.3, -0.25) is 4.90 Å². The number of urea groups is 1. The Morgan fingerprint density at radius 3 is 2.29 bits per heavy atom. The number of likely N-dealkylation sites (tertiary alicyclic amines) is 2. The molecule has 2 N–H and O–H groups in total. The lowest BCUT2D eigenvalue weighted by Crippen LogP contribution is -2.86. The summed E-state index contributed by atoms with van der Waals surface area (Å²) < 4.78 is 0.